The van der Waals surface area contributed by atoms with Gasteiger partial charge in [0.05, 0.1) is 6.54 Å². The fourth-order valence-corrected chi connectivity index (χ4v) is 3.71. The van der Waals surface area contributed by atoms with E-state index in [9.17, 15) is 4.79 Å². The second-order valence-electron chi connectivity index (χ2n) is 6.97. The molecule has 0 bridgehead atoms. The van der Waals surface area contributed by atoms with Gasteiger partial charge in [-0.15, -0.1) is 0 Å². The van der Waals surface area contributed by atoms with Gasteiger partial charge in [-0.3, -0.25) is 9.79 Å². The normalized spacial score (nSPS) is 19.3. The molecule has 1 aliphatic carbocycles. The van der Waals surface area contributed by atoms with Gasteiger partial charge in [0.15, 0.2) is 5.96 Å². The minimum absolute atomic E-state index is 0.0603. The number of anilines is 1. The van der Waals surface area contributed by atoms with E-state index < -0.39 is 0 Å². The van der Waals surface area contributed by atoms with Gasteiger partial charge in [0.1, 0.15) is 5.82 Å². The number of carbonyl (C=O) groups excluding carboxylic acids is 1. The first-order valence-corrected chi connectivity index (χ1v) is 9.67. The topological polar surface area (TPSA) is 72.9 Å². The van der Waals surface area contributed by atoms with Crippen molar-refractivity contribution < 1.29 is 4.79 Å². The first kappa shape index (κ1) is 18.5. The Morgan fingerprint density at radius 2 is 1.96 bits per heavy atom. The largest absolute Gasteiger partial charge is 0.353 e. The van der Waals surface area contributed by atoms with E-state index in [4.69, 9.17) is 0 Å². The molecule has 2 heterocycles. The van der Waals surface area contributed by atoms with Gasteiger partial charge in [0.2, 0.25) is 5.91 Å². The zero-order chi connectivity index (χ0) is 18.2. The van der Waals surface area contributed by atoms with Crippen LogP contribution in [0.1, 0.15) is 32.1 Å². The number of piperazine rings is 1. The van der Waals surface area contributed by atoms with Crippen molar-refractivity contribution in [3.8, 4) is 0 Å². The molecule has 1 aliphatic heterocycles. The minimum atomic E-state index is 0.0603. The highest BCUT2D eigenvalue weighted by Crippen LogP contribution is 2.17. The fourth-order valence-electron chi connectivity index (χ4n) is 3.71. The number of carbonyl (C=O) groups is 1. The predicted octanol–water partition coefficient (Wildman–Crippen LogP) is 1.23. The summed E-state index contributed by atoms with van der Waals surface area (Å²) >= 11 is 0. The summed E-state index contributed by atoms with van der Waals surface area (Å²) in [6.45, 7) is 3.79. The van der Waals surface area contributed by atoms with Crippen LogP contribution in [0.15, 0.2) is 29.4 Å². The smallest absolute Gasteiger partial charge is 0.239 e. The summed E-state index contributed by atoms with van der Waals surface area (Å²) in [6.07, 6.45) is 7.78. The summed E-state index contributed by atoms with van der Waals surface area (Å²) in [4.78, 5) is 25.4. The summed E-state index contributed by atoms with van der Waals surface area (Å²) in [5, 5.41) is 6.35. The highest BCUT2D eigenvalue weighted by molar-refractivity contribution is 5.86. The summed E-state index contributed by atoms with van der Waals surface area (Å²) in [5.74, 6) is 1.87. The van der Waals surface area contributed by atoms with Crippen molar-refractivity contribution in [2.75, 3.05) is 44.7 Å². The molecule has 1 aromatic heterocycles. The van der Waals surface area contributed by atoms with E-state index in [-0.39, 0.29) is 12.5 Å². The number of hydrogen-bond acceptors (Lipinski definition) is 4. The molecule has 0 aromatic carbocycles. The maximum atomic E-state index is 12.2. The van der Waals surface area contributed by atoms with Crippen molar-refractivity contribution in [3.63, 3.8) is 0 Å². The zero-order valence-corrected chi connectivity index (χ0v) is 15.7. The lowest BCUT2D eigenvalue weighted by molar-refractivity contribution is -0.120. The molecule has 2 fully saturated rings. The Labute approximate surface area is 155 Å². The number of aliphatic imine (C=N–C) groups is 1. The van der Waals surface area contributed by atoms with Gasteiger partial charge in [0, 0.05) is 45.5 Å². The highest BCUT2D eigenvalue weighted by Gasteiger charge is 2.21. The van der Waals surface area contributed by atoms with Crippen molar-refractivity contribution in [1.29, 1.82) is 0 Å². The second-order valence-corrected chi connectivity index (χ2v) is 6.97. The Hall–Kier alpha value is -2.31. The summed E-state index contributed by atoms with van der Waals surface area (Å²) in [5.41, 5.74) is 0. The Morgan fingerprint density at radius 3 is 2.62 bits per heavy atom. The van der Waals surface area contributed by atoms with E-state index in [1.807, 2.05) is 24.4 Å². The van der Waals surface area contributed by atoms with E-state index in [1.165, 1.54) is 19.3 Å². The number of nitrogens with zero attached hydrogens (tertiary/aromatic N) is 4. The van der Waals surface area contributed by atoms with E-state index in [2.05, 4.69) is 30.4 Å². The SMILES string of the molecule is CN=C(NCC(=O)NC1CCCCC1)N1CCN(c2ccccn2)CC1. The lowest BCUT2D eigenvalue weighted by atomic mass is 9.95. The van der Waals surface area contributed by atoms with Crippen LogP contribution in [0.2, 0.25) is 0 Å². The molecule has 26 heavy (non-hydrogen) atoms. The average Bonchev–Trinajstić information content (AvgIpc) is 2.70. The molecule has 1 saturated carbocycles. The Bertz CT molecular complexity index is 591. The summed E-state index contributed by atoms with van der Waals surface area (Å²) < 4.78 is 0. The molecular formula is C19H30N6O. The molecule has 0 radical (unpaired) electrons. The van der Waals surface area contributed by atoms with E-state index in [0.29, 0.717) is 6.04 Å². The molecule has 3 rings (SSSR count). The van der Waals surface area contributed by atoms with E-state index in [0.717, 1.165) is 50.8 Å². The number of amides is 1. The van der Waals surface area contributed by atoms with E-state index in [1.54, 1.807) is 7.05 Å². The molecular weight excluding hydrogens is 328 g/mol. The van der Waals surface area contributed by atoms with Gasteiger partial charge in [-0.25, -0.2) is 4.98 Å². The zero-order valence-electron chi connectivity index (χ0n) is 15.7. The molecule has 7 heteroatoms. The number of hydrogen-bond donors (Lipinski definition) is 2. The van der Waals surface area contributed by atoms with E-state index >= 15 is 0 Å². The molecule has 0 atom stereocenters. The van der Waals surface area contributed by atoms with Gasteiger partial charge in [-0.2, -0.15) is 0 Å². The number of pyridine rings is 1. The monoisotopic (exact) mass is 358 g/mol. The average molecular weight is 358 g/mol. The quantitative estimate of drug-likeness (QED) is 0.626. The minimum Gasteiger partial charge on any atom is -0.353 e. The number of rotatable bonds is 4. The molecule has 1 aromatic rings. The van der Waals surface area contributed by atoms with Crippen molar-refractivity contribution in [3.05, 3.63) is 24.4 Å². The van der Waals surface area contributed by atoms with Gasteiger partial charge < -0.3 is 20.4 Å². The maximum absolute atomic E-state index is 12.2. The molecule has 142 valence electrons. The summed E-state index contributed by atoms with van der Waals surface area (Å²) in [7, 11) is 1.77. The Balaban J connectivity index is 1.42. The lowest BCUT2D eigenvalue weighted by Crippen LogP contribution is -2.54. The van der Waals surface area contributed by atoms with Gasteiger partial charge in [-0.05, 0) is 25.0 Å². The van der Waals surface area contributed by atoms with Gasteiger partial charge >= 0.3 is 0 Å². The highest BCUT2D eigenvalue weighted by atomic mass is 16.2. The third-order valence-corrected chi connectivity index (χ3v) is 5.14. The van der Waals surface area contributed by atoms with Crippen LogP contribution in [0, 0.1) is 0 Å². The van der Waals surface area contributed by atoms with Crippen LogP contribution in [0.5, 0.6) is 0 Å². The van der Waals surface area contributed by atoms with Crippen molar-refractivity contribution in [2.45, 2.75) is 38.1 Å². The lowest BCUT2D eigenvalue weighted by Gasteiger charge is -2.37. The van der Waals surface area contributed by atoms with Crippen LogP contribution in [0.25, 0.3) is 0 Å². The van der Waals surface area contributed by atoms with Crippen molar-refractivity contribution in [1.82, 2.24) is 20.5 Å². The Morgan fingerprint density at radius 1 is 1.19 bits per heavy atom. The van der Waals surface area contributed by atoms with Gasteiger partial charge in [0.25, 0.3) is 0 Å². The first-order valence-electron chi connectivity index (χ1n) is 9.67. The van der Waals surface area contributed by atoms with Crippen LogP contribution in [-0.4, -0.2) is 67.6 Å². The third-order valence-electron chi connectivity index (χ3n) is 5.14. The number of aromatic nitrogens is 1. The maximum Gasteiger partial charge on any atom is 0.239 e. The fraction of sp³-hybridized carbons (Fsp3) is 0.632. The number of guanidine groups is 1. The molecule has 0 spiro atoms. The standard InChI is InChI=1S/C19H30N6O/c1-20-19(22-15-18(26)23-16-7-3-2-4-8-16)25-13-11-24(12-14-25)17-9-5-6-10-21-17/h5-6,9-10,16H,2-4,7-8,11-15H2,1H3,(H,20,22)(H,23,26). The molecule has 1 saturated heterocycles. The van der Waals surface area contributed by atoms with Crippen LogP contribution in [0.3, 0.4) is 0 Å². The first-order chi connectivity index (χ1) is 12.8. The molecule has 0 unspecified atom stereocenters. The van der Waals surface area contributed by atoms with Crippen molar-refractivity contribution >= 4 is 17.7 Å². The number of nitrogens with one attached hydrogen (secondary N) is 2. The molecule has 1 amide bonds. The van der Waals surface area contributed by atoms with Crippen LogP contribution >= 0.6 is 0 Å². The molecule has 2 aliphatic rings. The molecule has 7 nitrogen and oxygen atoms in total. The third kappa shape index (κ3) is 5.09. The van der Waals surface area contributed by atoms with Crippen molar-refractivity contribution in [2.24, 2.45) is 4.99 Å². The second kappa shape index (κ2) is 9.40. The van der Waals surface area contributed by atoms with Crippen LogP contribution < -0.4 is 15.5 Å². The summed E-state index contributed by atoms with van der Waals surface area (Å²) in [6, 6.07) is 6.34. The van der Waals surface area contributed by atoms with Gasteiger partial charge in [-0.1, -0.05) is 25.3 Å². The predicted molar refractivity (Wildman–Crippen MR) is 104 cm³/mol. The Kier molecular flexibility index (Phi) is 6.68. The molecule has 2 N–H and O–H groups in total. The van der Waals surface area contributed by atoms with Crippen LogP contribution in [0.4, 0.5) is 5.82 Å². The van der Waals surface area contributed by atoms with Crippen LogP contribution in [-0.2, 0) is 4.79 Å².